The maximum atomic E-state index is 5.30. The molecule has 74 valence electrons. The molecule has 0 aliphatic heterocycles. The quantitative estimate of drug-likeness (QED) is 0.794. The number of aryl methyl sites for hydroxylation is 1. The number of hydrogen-bond acceptors (Lipinski definition) is 2. The van der Waals surface area contributed by atoms with Gasteiger partial charge in [0.15, 0.2) is 5.06 Å². The maximum Gasteiger partial charge on any atom is 0.189 e. The minimum atomic E-state index is 0.959. The first-order valence-corrected chi connectivity index (χ1v) is 6.12. The molecule has 1 aromatic heterocycles. The normalized spacial score (nSPS) is 10.8. The van der Waals surface area contributed by atoms with Crippen LogP contribution in [0.3, 0.4) is 0 Å². The second-order valence-electron chi connectivity index (χ2n) is 3.05. The van der Waals surface area contributed by atoms with Gasteiger partial charge in [-0.2, -0.15) is 0 Å². The van der Waals surface area contributed by atoms with Crippen LogP contribution >= 0.6 is 27.3 Å². The van der Waals surface area contributed by atoms with Crippen molar-refractivity contribution in [2.45, 2.75) is 13.3 Å². The number of rotatable bonds is 2. The van der Waals surface area contributed by atoms with Crippen molar-refractivity contribution in [3.05, 3.63) is 28.2 Å². The number of ether oxygens (including phenoxy) is 1. The zero-order valence-electron chi connectivity index (χ0n) is 8.13. The molecule has 1 aromatic carbocycles. The fourth-order valence-electron chi connectivity index (χ4n) is 1.58. The van der Waals surface area contributed by atoms with Crippen molar-refractivity contribution in [1.82, 2.24) is 0 Å². The minimum absolute atomic E-state index is 0.959. The van der Waals surface area contributed by atoms with Crippen LogP contribution in [0.25, 0.3) is 10.1 Å². The van der Waals surface area contributed by atoms with Gasteiger partial charge in [-0.25, -0.2) is 0 Å². The topological polar surface area (TPSA) is 9.23 Å². The third-order valence-electron chi connectivity index (χ3n) is 2.28. The monoisotopic (exact) mass is 270 g/mol. The van der Waals surface area contributed by atoms with Crippen molar-refractivity contribution in [3.8, 4) is 5.06 Å². The lowest BCUT2D eigenvalue weighted by molar-refractivity contribution is 0.425. The number of hydrogen-bond donors (Lipinski definition) is 0. The number of halogens is 1. The average Bonchev–Trinajstić information content (AvgIpc) is 2.55. The molecule has 0 amide bonds. The summed E-state index contributed by atoms with van der Waals surface area (Å²) >= 11 is 5.27. The van der Waals surface area contributed by atoms with Gasteiger partial charge in [0, 0.05) is 10.1 Å². The van der Waals surface area contributed by atoms with Crippen LogP contribution in [-0.2, 0) is 6.42 Å². The van der Waals surface area contributed by atoms with Gasteiger partial charge in [0.1, 0.15) is 0 Å². The van der Waals surface area contributed by atoms with E-state index in [1.807, 2.05) is 0 Å². The molecule has 0 saturated heterocycles. The molecule has 0 aliphatic carbocycles. The molecular weight excluding hydrogens is 260 g/mol. The van der Waals surface area contributed by atoms with Gasteiger partial charge in [0.2, 0.25) is 0 Å². The van der Waals surface area contributed by atoms with Crippen LogP contribution in [0.2, 0.25) is 0 Å². The molecule has 0 radical (unpaired) electrons. The predicted octanol–water partition coefficient (Wildman–Crippen LogP) is 4.23. The van der Waals surface area contributed by atoms with Gasteiger partial charge < -0.3 is 4.74 Å². The summed E-state index contributed by atoms with van der Waals surface area (Å²) < 4.78 is 7.68. The Bertz CT molecular complexity index is 462. The molecule has 0 fully saturated rings. The highest BCUT2D eigenvalue weighted by Crippen LogP contribution is 2.42. The highest BCUT2D eigenvalue weighted by atomic mass is 79.9. The molecule has 14 heavy (non-hydrogen) atoms. The summed E-state index contributed by atoms with van der Waals surface area (Å²) in [5.74, 6) is 0. The first-order chi connectivity index (χ1) is 6.77. The Kier molecular flexibility index (Phi) is 2.79. The van der Waals surface area contributed by atoms with Crippen LogP contribution in [0.1, 0.15) is 12.5 Å². The summed E-state index contributed by atoms with van der Waals surface area (Å²) in [5, 5.41) is 2.26. The van der Waals surface area contributed by atoms with Crippen LogP contribution in [0.5, 0.6) is 5.06 Å². The molecule has 0 atom stereocenters. The van der Waals surface area contributed by atoms with Gasteiger partial charge in [-0.05, 0) is 34.0 Å². The third-order valence-corrected chi connectivity index (χ3v) is 4.42. The molecule has 0 N–H and O–H groups in total. The molecule has 1 heterocycles. The Labute approximate surface area is 95.8 Å². The molecule has 1 nitrogen and oxygen atoms in total. The summed E-state index contributed by atoms with van der Waals surface area (Å²) in [6.07, 6.45) is 1.05. The molecule has 3 heteroatoms. The molecule has 0 saturated carbocycles. The van der Waals surface area contributed by atoms with Crippen molar-refractivity contribution >= 4 is 37.4 Å². The van der Waals surface area contributed by atoms with Crippen molar-refractivity contribution in [2.24, 2.45) is 0 Å². The van der Waals surface area contributed by atoms with Gasteiger partial charge in [0.05, 0.1) is 11.6 Å². The van der Waals surface area contributed by atoms with Gasteiger partial charge in [-0.15, -0.1) is 0 Å². The Morgan fingerprint density at radius 3 is 2.86 bits per heavy atom. The van der Waals surface area contributed by atoms with Crippen LogP contribution in [0, 0.1) is 0 Å². The van der Waals surface area contributed by atoms with E-state index >= 15 is 0 Å². The SMILES string of the molecule is CCc1cccc2sc(OC)c(Br)c12. The van der Waals surface area contributed by atoms with Crippen molar-refractivity contribution < 1.29 is 4.74 Å². The van der Waals surface area contributed by atoms with E-state index in [9.17, 15) is 0 Å². The van der Waals surface area contributed by atoms with Gasteiger partial charge in [-0.1, -0.05) is 30.4 Å². The standard InChI is InChI=1S/C11H11BrOS/c1-3-7-5-4-6-8-9(7)10(12)11(13-2)14-8/h4-6H,3H2,1-2H3. The number of fused-ring (bicyclic) bond motifs is 1. The molecule has 0 aliphatic rings. The maximum absolute atomic E-state index is 5.30. The lowest BCUT2D eigenvalue weighted by Crippen LogP contribution is -1.81. The Hall–Kier alpha value is -0.540. The van der Waals surface area contributed by atoms with Gasteiger partial charge in [-0.3, -0.25) is 0 Å². The smallest absolute Gasteiger partial charge is 0.189 e. The largest absolute Gasteiger partial charge is 0.486 e. The fraction of sp³-hybridized carbons (Fsp3) is 0.273. The molecule has 0 spiro atoms. The second kappa shape index (κ2) is 3.91. The molecular formula is C11H11BrOS. The van der Waals surface area contributed by atoms with E-state index in [1.165, 1.54) is 15.6 Å². The van der Waals surface area contributed by atoms with Crippen molar-refractivity contribution in [1.29, 1.82) is 0 Å². The van der Waals surface area contributed by atoms with Crippen LogP contribution in [-0.4, -0.2) is 7.11 Å². The molecule has 0 bridgehead atoms. The molecule has 2 rings (SSSR count). The lowest BCUT2D eigenvalue weighted by Gasteiger charge is -1.99. The van der Waals surface area contributed by atoms with E-state index in [1.54, 1.807) is 18.4 Å². The zero-order valence-corrected chi connectivity index (χ0v) is 10.5. The highest BCUT2D eigenvalue weighted by Gasteiger charge is 2.12. The molecule has 2 aromatic rings. The average molecular weight is 271 g/mol. The third kappa shape index (κ3) is 1.44. The highest BCUT2D eigenvalue weighted by molar-refractivity contribution is 9.10. The fourth-order valence-corrected chi connectivity index (χ4v) is 3.54. The Morgan fingerprint density at radius 1 is 1.43 bits per heavy atom. The van der Waals surface area contributed by atoms with Crippen LogP contribution < -0.4 is 4.74 Å². The summed E-state index contributed by atoms with van der Waals surface area (Å²) in [7, 11) is 1.71. The van der Waals surface area contributed by atoms with Crippen molar-refractivity contribution in [2.75, 3.05) is 7.11 Å². The first-order valence-electron chi connectivity index (χ1n) is 4.51. The second-order valence-corrected chi connectivity index (χ2v) is 4.86. The van der Waals surface area contributed by atoms with Gasteiger partial charge in [0.25, 0.3) is 0 Å². The van der Waals surface area contributed by atoms with E-state index in [4.69, 9.17) is 4.74 Å². The predicted molar refractivity (Wildman–Crippen MR) is 65.5 cm³/mol. The summed E-state index contributed by atoms with van der Waals surface area (Å²) in [6.45, 7) is 2.17. The van der Waals surface area contributed by atoms with E-state index < -0.39 is 0 Å². The number of methoxy groups -OCH3 is 1. The van der Waals surface area contributed by atoms with E-state index in [0.29, 0.717) is 0 Å². The van der Waals surface area contributed by atoms with Crippen LogP contribution in [0.4, 0.5) is 0 Å². The van der Waals surface area contributed by atoms with E-state index in [-0.39, 0.29) is 0 Å². The van der Waals surface area contributed by atoms with E-state index in [2.05, 4.69) is 41.1 Å². The summed E-state index contributed by atoms with van der Waals surface area (Å²) in [4.78, 5) is 0. The number of benzene rings is 1. The first kappa shape index (κ1) is 9.99. The van der Waals surface area contributed by atoms with Gasteiger partial charge >= 0.3 is 0 Å². The van der Waals surface area contributed by atoms with E-state index in [0.717, 1.165) is 16.0 Å². The Morgan fingerprint density at radius 2 is 2.21 bits per heavy atom. The van der Waals surface area contributed by atoms with Crippen molar-refractivity contribution in [3.63, 3.8) is 0 Å². The van der Waals surface area contributed by atoms with Crippen LogP contribution in [0.15, 0.2) is 22.7 Å². The zero-order chi connectivity index (χ0) is 10.1. The summed E-state index contributed by atoms with van der Waals surface area (Å²) in [6, 6.07) is 6.40. The number of thiophene rings is 1. The summed E-state index contributed by atoms with van der Waals surface area (Å²) in [5.41, 5.74) is 1.37. The minimum Gasteiger partial charge on any atom is -0.486 e. The lowest BCUT2D eigenvalue weighted by atomic mass is 10.1. The molecule has 0 unspecified atom stereocenters. The Balaban J connectivity index is 2.79.